The minimum absolute atomic E-state index is 0.712. The first kappa shape index (κ1) is 17.2. The Labute approximate surface area is 113 Å². The van der Waals surface area contributed by atoms with Crippen molar-refractivity contribution < 1.29 is 4.74 Å². The molecule has 0 spiro atoms. The molecule has 0 bridgehead atoms. The standard InChI is InChI=1S/C14H31N3O/c1-12(2)6-8-16-14(15-5)17-9-11-18-10-7-13(3)4/h12-13H,6-11H2,1-5H3,(H2,15,16,17). The molecule has 0 atom stereocenters. The first-order valence-corrected chi connectivity index (χ1v) is 7.08. The van der Waals surface area contributed by atoms with Crippen LogP contribution in [-0.4, -0.2) is 39.3 Å². The lowest BCUT2D eigenvalue weighted by molar-refractivity contribution is 0.128. The van der Waals surface area contributed by atoms with Crippen molar-refractivity contribution in [3.05, 3.63) is 0 Å². The van der Waals surface area contributed by atoms with Crippen molar-refractivity contribution in [1.29, 1.82) is 0 Å². The van der Waals surface area contributed by atoms with Crippen LogP contribution >= 0.6 is 0 Å². The lowest BCUT2D eigenvalue weighted by Gasteiger charge is -2.13. The summed E-state index contributed by atoms with van der Waals surface area (Å²) >= 11 is 0. The highest BCUT2D eigenvalue weighted by Crippen LogP contribution is 1.98. The molecule has 0 saturated carbocycles. The lowest BCUT2D eigenvalue weighted by Crippen LogP contribution is -2.39. The summed E-state index contributed by atoms with van der Waals surface area (Å²) in [6, 6.07) is 0. The molecule has 18 heavy (non-hydrogen) atoms. The topological polar surface area (TPSA) is 45.7 Å². The summed E-state index contributed by atoms with van der Waals surface area (Å²) < 4.78 is 5.54. The number of guanidine groups is 1. The Morgan fingerprint density at radius 3 is 2.11 bits per heavy atom. The van der Waals surface area contributed by atoms with E-state index in [4.69, 9.17) is 4.74 Å². The second-order valence-electron chi connectivity index (χ2n) is 5.40. The van der Waals surface area contributed by atoms with E-state index in [-0.39, 0.29) is 0 Å². The summed E-state index contributed by atoms with van der Waals surface area (Å²) in [6.07, 6.45) is 2.28. The van der Waals surface area contributed by atoms with E-state index in [0.717, 1.165) is 51.0 Å². The van der Waals surface area contributed by atoms with Crippen LogP contribution < -0.4 is 10.6 Å². The molecule has 0 fully saturated rings. The van der Waals surface area contributed by atoms with E-state index in [1.165, 1.54) is 0 Å². The monoisotopic (exact) mass is 257 g/mol. The van der Waals surface area contributed by atoms with Gasteiger partial charge in [-0.05, 0) is 24.7 Å². The number of nitrogens with one attached hydrogen (secondary N) is 2. The Bertz CT molecular complexity index is 215. The normalized spacial score (nSPS) is 12.3. The van der Waals surface area contributed by atoms with Gasteiger partial charge in [0.2, 0.25) is 0 Å². The molecule has 0 radical (unpaired) electrons. The highest BCUT2D eigenvalue weighted by molar-refractivity contribution is 5.79. The average Bonchev–Trinajstić information content (AvgIpc) is 2.30. The van der Waals surface area contributed by atoms with Crippen LogP contribution in [0.3, 0.4) is 0 Å². The van der Waals surface area contributed by atoms with Crippen LogP contribution in [0, 0.1) is 11.8 Å². The Kier molecular flexibility index (Phi) is 10.8. The molecule has 0 heterocycles. The molecule has 0 aromatic heterocycles. The zero-order valence-corrected chi connectivity index (χ0v) is 12.8. The van der Waals surface area contributed by atoms with E-state index >= 15 is 0 Å². The second kappa shape index (κ2) is 11.3. The zero-order valence-electron chi connectivity index (χ0n) is 12.8. The number of hydrogen-bond donors (Lipinski definition) is 2. The largest absolute Gasteiger partial charge is 0.380 e. The maximum absolute atomic E-state index is 5.54. The van der Waals surface area contributed by atoms with Gasteiger partial charge in [0.05, 0.1) is 6.61 Å². The van der Waals surface area contributed by atoms with E-state index in [0.29, 0.717) is 5.92 Å². The maximum atomic E-state index is 5.54. The lowest BCUT2D eigenvalue weighted by atomic mass is 10.1. The third kappa shape index (κ3) is 11.7. The molecular weight excluding hydrogens is 226 g/mol. The molecule has 0 unspecified atom stereocenters. The highest BCUT2D eigenvalue weighted by atomic mass is 16.5. The minimum Gasteiger partial charge on any atom is -0.380 e. The molecule has 0 saturated heterocycles. The Morgan fingerprint density at radius 1 is 0.944 bits per heavy atom. The van der Waals surface area contributed by atoms with Crippen LogP contribution in [0.1, 0.15) is 40.5 Å². The quantitative estimate of drug-likeness (QED) is 0.378. The molecule has 0 aliphatic rings. The van der Waals surface area contributed by atoms with Gasteiger partial charge in [-0.1, -0.05) is 27.7 Å². The predicted octanol–water partition coefficient (Wildman–Crippen LogP) is 2.26. The van der Waals surface area contributed by atoms with Crippen molar-refractivity contribution in [2.75, 3.05) is 33.4 Å². The molecule has 0 amide bonds. The molecule has 0 rings (SSSR count). The molecule has 0 aliphatic carbocycles. The minimum atomic E-state index is 0.712. The van der Waals surface area contributed by atoms with Crippen molar-refractivity contribution >= 4 is 5.96 Å². The van der Waals surface area contributed by atoms with Gasteiger partial charge in [-0.25, -0.2) is 0 Å². The summed E-state index contributed by atoms with van der Waals surface area (Å²) in [5, 5.41) is 6.54. The van der Waals surface area contributed by atoms with Gasteiger partial charge in [-0.15, -0.1) is 0 Å². The van der Waals surface area contributed by atoms with Gasteiger partial charge in [-0.2, -0.15) is 0 Å². The molecule has 108 valence electrons. The van der Waals surface area contributed by atoms with E-state index in [1.54, 1.807) is 7.05 Å². The summed E-state index contributed by atoms with van der Waals surface area (Å²) in [5.41, 5.74) is 0. The molecule has 0 aliphatic heterocycles. The number of hydrogen-bond acceptors (Lipinski definition) is 2. The number of aliphatic imine (C=N–C) groups is 1. The zero-order chi connectivity index (χ0) is 13.8. The molecule has 4 nitrogen and oxygen atoms in total. The summed E-state index contributed by atoms with van der Waals surface area (Å²) in [6.45, 7) is 12.2. The number of ether oxygens (including phenoxy) is 1. The number of nitrogens with zero attached hydrogens (tertiary/aromatic N) is 1. The van der Waals surface area contributed by atoms with Crippen molar-refractivity contribution in [3.8, 4) is 0 Å². The summed E-state index contributed by atoms with van der Waals surface area (Å²) in [4.78, 5) is 4.17. The second-order valence-corrected chi connectivity index (χ2v) is 5.40. The molecule has 2 N–H and O–H groups in total. The molecular formula is C14H31N3O. The number of rotatable bonds is 9. The van der Waals surface area contributed by atoms with E-state index < -0.39 is 0 Å². The maximum Gasteiger partial charge on any atom is 0.191 e. The van der Waals surface area contributed by atoms with Crippen molar-refractivity contribution in [3.63, 3.8) is 0 Å². The molecule has 4 heteroatoms. The third-order valence-electron chi connectivity index (χ3n) is 2.62. The van der Waals surface area contributed by atoms with Gasteiger partial charge >= 0.3 is 0 Å². The Balaban J connectivity index is 3.45. The van der Waals surface area contributed by atoms with Crippen molar-refractivity contribution in [2.24, 2.45) is 16.8 Å². The smallest absolute Gasteiger partial charge is 0.191 e. The van der Waals surface area contributed by atoms with Crippen LogP contribution in [0.15, 0.2) is 4.99 Å². The average molecular weight is 257 g/mol. The van der Waals surface area contributed by atoms with Gasteiger partial charge in [0.25, 0.3) is 0 Å². The van der Waals surface area contributed by atoms with E-state index in [9.17, 15) is 0 Å². The van der Waals surface area contributed by atoms with Gasteiger partial charge in [0, 0.05) is 26.7 Å². The van der Waals surface area contributed by atoms with Crippen LogP contribution in [0.25, 0.3) is 0 Å². The van der Waals surface area contributed by atoms with Gasteiger partial charge in [0.15, 0.2) is 5.96 Å². The third-order valence-corrected chi connectivity index (χ3v) is 2.62. The Hall–Kier alpha value is -0.770. The van der Waals surface area contributed by atoms with E-state index in [2.05, 4.69) is 43.3 Å². The van der Waals surface area contributed by atoms with E-state index in [1.807, 2.05) is 0 Å². The fourth-order valence-electron chi connectivity index (χ4n) is 1.36. The van der Waals surface area contributed by atoms with Gasteiger partial charge in [0.1, 0.15) is 0 Å². The molecule has 0 aromatic carbocycles. The molecule has 0 aromatic rings. The first-order valence-electron chi connectivity index (χ1n) is 7.08. The van der Waals surface area contributed by atoms with Crippen LogP contribution in [0.5, 0.6) is 0 Å². The van der Waals surface area contributed by atoms with Gasteiger partial charge in [-0.3, -0.25) is 4.99 Å². The summed E-state index contributed by atoms with van der Waals surface area (Å²) in [7, 11) is 1.80. The SMILES string of the molecule is CN=C(NCCOCCC(C)C)NCCC(C)C. The predicted molar refractivity (Wildman–Crippen MR) is 79.1 cm³/mol. The Morgan fingerprint density at radius 2 is 1.56 bits per heavy atom. The fraction of sp³-hybridized carbons (Fsp3) is 0.929. The first-order chi connectivity index (χ1) is 8.56. The highest BCUT2D eigenvalue weighted by Gasteiger charge is 1.98. The van der Waals surface area contributed by atoms with Crippen molar-refractivity contribution in [2.45, 2.75) is 40.5 Å². The van der Waals surface area contributed by atoms with Crippen LogP contribution in [0.4, 0.5) is 0 Å². The van der Waals surface area contributed by atoms with Gasteiger partial charge < -0.3 is 15.4 Å². The fourth-order valence-corrected chi connectivity index (χ4v) is 1.36. The van der Waals surface area contributed by atoms with Crippen LogP contribution in [-0.2, 0) is 4.74 Å². The van der Waals surface area contributed by atoms with Crippen molar-refractivity contribution in [1.82, 2.24) is 10.6 Å². The summed E-state index contributed by atoms with van der Waals surface area (Å²) in [5.74, 6) is 2.29. The van der Waals surface area contributed by atoms with Crippen LogP contribution in [0.2, 0.25) is 0 Å².